The van der Waals surface area contributed by atoms with Gasteiger partial charge in [-0.1, -0.05) is 0 Å². The van der Waals surface area contributed by atoms with Crippen LogP contribution in [0.5, 0.6) is 0 Å². The Bertz CT molecular complexity index is 360. The second kappa shape index (κ2) is 5.80. The Balaban J connectivity index is 1.75. The number of hydrogen-bond donors (Lipinski definition) is 1. The van der Waals surface area contributed by atoms with E-state index in [0.717, 1.165) is 39.3 Å². The van der Waals surface area contributed by atoms with E-state index >= 15 is 0 Å². The molecule has 1 aromatic heterocycles. The number of nitrogens with two attached hydrogens (primary N) is 1. The lowest BCUT2D eigenvalue weighted by Gasteiger charge is -2.43. The van der Waals surface area contributed by atoms with Gasteiger partial charge in [0.05, 0.1) is 13.2 Å². The maximum Gasteiger partial charge on any atom is 0.0569 e. The van der Waals surface area contributed by atoms with Gasteiger partial charge < -0.3 is 15.4 Å². The number of halogens is 1. The number of likely N-dealkylation sites (N-methyl/N-ethyl adjacent to an activating group) is 1. The summed E-state index contributed by atoms with van der Waals surface area (Å²) >= 11 is 5.30. The Kier molecular flexibility index (Phi) is 4.60. The first-order valence-electron chi connectivity index (χ1n) is 5.83. The molecule has 1 fully saturated rings. The van der Waals surface area contributed by atoms with E-state index in [1.807, 2.05) is 11.3 Å². The van der Waals surface area contributed by atoms with E-state index in [-0.39, 0.29) is 5.41 Å². The van der Waals surface area contributed by atoms with Crippen LogP contribution in [0.15, 0.2) is 15.9 Å². The SMILES string of the molecule is CN(CCc1cc(Br)cs1)CC1(CN)COC1. The topological polar surface area (TPSA) is 38.5 Å². The first-order chi connectivity index (χ1) is 8.13. The third-order valence-electron chi connectivity index (χ3n) is 3.22. The molecule has 5 heteroatoms. The van der Waals surface area contributed by atoms with Crippen LogP contribution in [0.25, 0.3) is 0 Å². The van der Waals surface area contributed by atoms with Crippen molar-refractivity contribution in [2.24, 2.45) is 11.1 Å². The molecule has 1 aromatic rings. The lowest BCUT2D eigenvalue weighted by atomic mass is 9.85. The van der Waals surface area contributed by atoms with Crippen molar-refractivity contribution in [3.8, 4) is 0 Å². The second-order valence-electron chi connectivity index (χ2n) is 4.92. The molecule has 17 heavy (non-hydrogen) atoms. The minimum atomic E-state index is 0.213. The molecule has 1 aliphatic heterocycles. The molecule has 2 N–H and O–H groups in total. The van der Waals surface area contributed by atoms with Crippen molar-refractivity contribution in [2.75, 3.05) is 39.9 Å². The highest BCUT2D eigenvalue weighted by atomic mass is 79.9. The van der Waals surface area contributed by atoms with Crippen molar-refractivity contribution in [3.63, 3.8) is 0 Å². The van der Waals surface area contributed by atoms with Crippen molar-refractivity contribution in [2.45, 2.75) is 6.42 Å². The fourth-order valence-corrected chi connectivity index (χ4v) is 3.55. The number of ether oxygens (including phenoxy) is 1. The summed E-state index contributed by atoms with van der Waals surface area (Å²) in [5.74, 6) is 0. The molecule has 0 aromatic carbocycles. The van der Waals surface area contributed by atoms with E-state index in [1.165, 1.54) is 9.35 Å². The van der Waals surface area contributed by atoms with Gasteiger partial charge >= 0.3 is 0 Å². The van der Waals surface area contributed by atoms with E-state index in [9.17, 15) is 0 Å². The summed E-state index contributed by atoms with van der Waals surface area (Å²) < 4.78 is 6.47. The smallest absolute Gasteiger partial charge is 0.0569 e. The van der Waals surface area contributed by atoms with Crippen LogP contribution in [0.2, 0.25) is 0 Å². The minimum absolute atomic E-state index is 0.213. The summed E-state index contributed by atoms with van der Waals surface area (Å²) in [6.45, 7) is 4.48. The third-order valence-corrected chi connectivity index (χ3v) is 4.97. The summed E-state index contributed by atoms with van der Waals surface area (Å²) in [6.07, 6.45) is 1.11. The van der Waals surface area contributed by atoms with Crippen molar-refractivity contribution < 1.29 is 4.74 Å². The van der Waals surface area contributed by atoms with Crippen molar-refractivity contribution in [1.29, 1.82) is 0 Å². The molecule has 0 amide bonds. The minimum Gasteiger partial charge on any atom is -0.380 e. The van der Waals surface area contributed by atoms with Crippen LogP contribution in [-0.2, 0) is 11.2 Å². The van der Waals surface area contributed by atoms with E-state index in [2.05, 4.69) is 39.3 Å². The molecule has 1 saturated heterocycles. The molecule has 0 atom stereocenters. The van der Waals surface area contributed by atoms with E-state index < -0.39 is 0 Å². The van der Waals surface area contributed by atoms with Crippen LogP contribution in [-0.4, -0.2) is 44.8 Å². The summed E-state index contributed by atoms with van der Waals surface area (Å²) in [5.41, 5.74) is 6.03. The Morgan fingerprint density at radius 2 is 2.35 bits per heavy atom. The molecular weight excluding hydrogens is 300 g/mol. The Hall–Kier alpha value is 0.0600. The maximum absolute atomic E-state index is 5.82. The van der Waals surface area contributed by atoms with Crippen LogP contribution in [0, 0.1) is 5.41 Å². The predicted molar refractivity (Wildman–Crippen MR) is 75.5 cm³/mol. The molecule has 0 bridgehead atoms. The van der Waals surface area contributed by atoms with Gasteiger partial charge in [0.25, 0.3) is 0 Å². The highest BCUT2D eigenvalue weighted by molar-refractivity contribution is 9.10. The maximum atomic E-state index is 5.82. The molecule has 1 aliphatic rings. The fourth-order valence-electron chi connectivity index (χ4n) is 2.10. The van der Waals surface area contributed by atoms with Crippen molar-refractivity contribution in [3.05, 3.63) is 20.8 Å². The standard InChI is InChI=1S/C12H19BrN2OS/c1-15(7-12(6-14)8-16-9-12)3-2-11-4-10(13)5-17-11/h4-5H,2-3,6-9,14H2,1H3. The number of hydrogen-bond acceptors (Lipinski definition) is 4. The fraction of sp³-hybridized carbons (Fsp3) is 0.667. The molecule has 96 valence electrons. The number of thiophene rings is 1. The van der Waals surface area contributed by atoms with Crippen LogP contribution >= 0.6 is 27.3 Å². The van der Waals surface area contributed by atoms with Crippen LogP contribution < -0.4 is 5.73 Å². The van der Waals surface area contributed by atoms with Gasteiger partial charge in [0.2, 0.25) is 0 Å². The summed E-state index contributed by atoms with van der Waals surface area (Å²) in [7, 11) is 2.17. The van der Waals surface area contributed by atoms with Gasteiger partial charge in [0, 0.05) is 39.8 Å². The van der Waals surface area contributed by atoms with Crippen LogP contribution in [0.4, 0.5) is 0 Å². The van der Waals surface area contributed by atoms with Gasteiger partial charge in [-0.3, -0.25) is 0 Å². The van der Waals surface area contributed by atoms with Crippen molar-refractivity contribution in [1.82, 2.24) is 4.90 Å². The lowest BCUT2D eigenvalue weighted by molar-refractivity contribution is -0.117. The summed E-state index contributed by atoms with van der Waals surface area (Å²) in [4.78, 5) is 3.79. The molecule has 0 saturated carbocycles. The van der Waals surface area contributed by atoms with Crippen molar-refractivity contribution >= 4 is 27.3 Å². The van der Waals surface area contributed by atoms with E-state index in [1.54, 1.807) is 0 Å². The Labute approximate surface area is 115 Å². The van der Waals surface area contributed by atoms with Gasteiger partial charge in [-0.05, 0) is 35.5 Å². The third kappa shape index (κ3) is 3.51. The normalized spacial score (nSPS) is 18.4. The zero-order valence-electron chi connectivity index (χ0n) is 10.1. The molecule has 2 rings (SSSR count). The average Bonchev–Trinajstić information content (AvgIpc) is 2.67. The monoisotopic (exact) mass is 318 g/mol. The quantitative estimate of drug-likeness (QED) is 0.871. The molecule has 0 radical (unpaired) electrons. The average molecular weight is 319 g/mol. The van der Waals surface area contributed by atoms with Gasteiger partial charge in [-0.2, -0.15) is 0 Å². The van der Waals surface area contributed by atoms with Gasteiger partial charge in [-0.25, -0.2) is 0 Å². The van der Waals surface area contributed by atoms with E-state index in [4.69, 9.17) is 10.5 Å². The van der Waals surface area contributed by atoms with Gasteiger partial charge in [0.15, 0.2) is 0 Å². The Morgan fingerprint density at radius 3 is 2.82 bits per heavy atom. The zero-order chi connectivity index (χ0) is 12.3. The lowest BCUT2D eigenvalue weighted by Crippen LogP contribution is -2.54. The van der Waals surface area contributed by atoms with E-state index in [0.29, 0.717) is 0 Å². The summed E-state index contributed by atoms with van der Waals surface area (Å²) in [6, 6.07) is 2.20. The highest BCUT2D eigenvalue weighted by Crippen LogP contribution is 2.27. The summed E-state index contributed by atoms with van der Waals surface area (Å²) in [5, 5.41) is 2.14. The highest BCUT2D eigenvalue weighted by Gasteiger charge is 2.37. The molecular formula is C12H19BrN2OS. The number of nitrogens with zero attached hydrogens (tertiary/aromatic N) is 1. The largest absolute Gasteiger partial charge is 0.380 e. The molecule has 0 unspecified atom stereocenters. The van der Waals surface area contributed by atoms with Crippen LogP contribution in [0.1, 0.15) is 4.88 Å². The molecule has 3 nitrogen and oxygen atoms in total. The molecule has 0 aliphatic carbocycles. The Morgan fingerprint density at radius 1 is 1.59 bits per heavy atom. The first kappa shape index (κ1) is 13.5. The van der Waals surface area contributed by atoms with Gasteiger partial charge in [-0.15, -0.1) is 11.3 Å². The second-order valence-corrected chi connectivity index (χ2v) is 6.83. The number of rotatable bonds is 6. The molecule has 2 heterocycles. The first-order valence-corrected chi connectivity index (χ1v) is 7.50. The zero-order valence-corrected chi connectivity index (χ0v) is 12.5. The van der Waals surface area contributed by atoms with Crippen LogP contribution in [0.3, 0.4) is 0 Å². The van der Waals surface area contributed by atoms with Gasteiger partial charge in [0.1, 0.15) is 0 Å². The molecule has 0 spiro atoms. The predicted octanol–water partition coefficient (Wildman–Crippen LogP) is 1.96.